The molecule has 0 unspecified atom stereocenters. The first-order chi connectivity index (χ1) is 14.3. The fourth-order valence-corrected chi connectivity index (χ4v) is 4.10. The van der Waals surface area contributed by atoms with Crippen molar-refractivity contribution in [2.45, 2.75) is 43.2 Å². The number of ether oxygens (including phenoxy) is 2. The van der Waals surface area contributed by atoms with Gasteiger partial charge in [0.25, 0.3) is 0 Å². The van der Waals surface area contributed by atoms with Crippen LogP contribution in [0, 0.1) is 0 Å². The second kappa shape index (κ2) is 7.91. The van der Waals surface area contributed by atoms with Crippen LogP contribution in [0.5, 0.6) is 11.6 Å². The highest BCUT2D eigenvalue weighted by Crippen LogP contribution is 2.39. The van der Waals surface area contributed by atoms with Gasteiger partial charge in [0.05, 0.1) is 6.10 Å². The van der Waals surface area contributed by atoms with Crippen LogP contribution in [0.1, 0.15) is 37.5 Å². The Morgan fingerprint density at radius 3 is 2.62 bits per heavy atom. The molecule has 1 fully saturated rings. The Morgan fingerprint density at radius 2 is 1.83 bits per heavy atom. The molecule has 1 atom stereocenters. The van der Waals surface area contributed by atoms with E-state index in [1.54, 1.807) is 0 Å². The van der Waals surface area contributed by atoms with Crippen LogP contribution in [0.15, 0.2) is 53.7 Å². The topological polar surface area (TPSA) is 69.2 Å². The zero-order valence-electron chi connectivity index (χ0n) is 16.2. The molecule has 148 valence electrons. The minimum atomic E-state index is -0.385. The van der Waals surface area contributed by atoms with Crippen molar-refractivity contribution in [3.05, 3.63) is 54.1 Å². The lowest BCUT2D eigenvalue weighted by molar-refractivity contribution is 0.209. The Hall–Kier alpha value is -2.80. The monoisotopic (exact) mass is 406 g/mol. The summed E-state index contributed by atoms with van der Waals surface area (Å²) in [5, 5.41) is 12.6. The van der Waals surface area contributed by atoms with Crippen LogP contribution >= 0.6 is 11.8 Å². The summed E-state index contributed by atoms with van der Waals surface area (Å²) in [7, 11) is 0. The second-order valence-electron chi connectivity index (χ2n) is 7.23. The van der Waals surface area contributed by atoms with Crippen LogP contribution in [0.25, 0.3) is 11.3 Å². The van der Waals surface area contributed by atoms with E-state index in [2.05, 4.69) is 20.5 Å². The van der Waals surface area contributed by atoms with E-state index in [0.29, 0.717) is 22.8 Å². The van der Waals surface area contributed by atoms with Crippen molar-refractivity contribution in [3.63, 3.8) is 0 Å². The molecule has 0 spiro atoms. The third-order valence-corrected chi connectivity index (χ3v) is 5.84. The lowest BCUT2D eigenvalue weighted by Crippen LogP contribution is -2.17. The quantitative estimate of drug-likeness (QED) is 0.606. The van der Waals surface area contributed by atoms with Crippen molar-refractivity contribution < 1.29 is 9.47 Å². The van der Waals surface area contributed by atoms with E-state index in [0.717, 1.165) is 35.4 Å². The number of aromatic nitrogens is 3. The van der Waals surface area contributed by atoms with Crippen molar-refractivity contribution in [2.75, 3.05) is 11.6 Å². The number of nitrogens with one attached hydrogen (secondary N) is 1. The maximum Gasteiger partial charge on any atom is 0.247 e. The minimum absolute atomic E-state index is 0.347. The van der Waals surface area contributed by atoms with E-state index < -0.39 is 0 Å². The van der Waals surface area contributed by atoms with Gasteiger partial charge in [-0.15, -0.1) is 10.2 Å². The molecule has 0 radical (unpaired) electrons. The zero-order valence-corrected chi connectivity index (χ0v) is 17.0. The standard InChI is InChI=1S/C22H22N4O2S/c1-29-22-24-21-19(25-26-22)17-8-4-5-9-18(17)23-20(28-21)14-10-12-16(13-11-14)27-15-6-2-3-7-15/h4-5,8-13,15,20,23H,2-3,6-7H2,1H3/t20-/m1/s1. The number of fused-ring (bicyclic) bond motifs is 3. The highest BCUT2D eigenvalue weighted by Gasteiger charge is 2.26. The Kier molecular flexibility index (Phi) is 4.97. The second-order valence-corrected chi connectivity index (χ2v) is 8.01. The molecule has 1 aliphatic heterocycles. The molecule has 0 saturated heterocycles. The number of thioether (sulfide) groups is 1. The van der Waals surface area contributed by atoms with Gasteiger partial charge >= 0.3 is 0 Å². The summed E-state index contributed by atoms with van der Waals surface area (Å²) in [5.74, 6) is 1.39. The van der Waals surface area contributed by atoms with Crippen LogP contribution < -0.4 is 14.8 Å². The van der Waals surface area contributed by atoms with E-state index in [-0.39, 0.29) is 6.23 Å². The maximum absolute atomic E-state index is 6.26. The minimum Gasteiger partial charge on any atom is -0.490 e. The summed E-state index contributed by atoms with van der Waals surface area (Å²) < 4.78 is 12.4. The molecule has 29 heavy (non-hydrogen) atoms. The Labute approximate surface area is 174 Å². The Bertz CT molecular complexity index is 1010. The zero-order chi connectivity index (χ0) is 19.6. The highest BCUT2D eigenvalue weighted by molar-refractivity contribution is 7.98. The lowest BCUT2D eigenvalue weighted by atomic mass is 10.1. The van der Waals surface area contributed by atoms with Crippen LogP contribution in [-0.4, -0.2) is 27.5 Å². The number of rotatable bonds is 4. The van der Waals surface area contributed by atoms with E-state index in [1.807, 2.05) is 54.8 Å². The fraction of sp³-hybridized carbons (Fsp3) is 0.318. The normalized spacial score (nSPS) is 18.2. The van der Waals surface area contributed by atoms with Crippen molar-refractivity contribution in [1.82, 2.24) is 15.2 Å². The summed E-state index contributed by atoms with van der Waals surface area (Å²) in [4.78, 5) is 4.55. The molecule has 1 aromatic heterocycles. The van der Waals surface area contributed by atoms with E-state index in [4.69, 9.17) is 9.47 Å². The molecule has 1 aliphatic carbocycles. The van der Waals surface area contributed by atoms with Crippen LogP contribution in [0.2, 0.25) is 0 Å². The van der Waals surface area contributed by atoms with Gasteiger partial charge in [-0.3, -0.25) is 0 Å². The molecule has 7 heteroatoms. The molecule has 5 rings (SSSR count). The molecule has 2 heterocycles. The summed E-state index contributed by atoms with van der Waals surface area (Å²) in [6, 6.07) is 16.1. The van der Waals surface area contributed by atoms with Gasteiger partial charge < -0.3 is 14.8 Å². The van der Waals surface area contributed by atoms with Gasteiger partial charge in [0.1, 0.15) is 5.75 Å². The molecule has 6 nitrogen and oxygen atoms in total. The molecule has 2 aliphatic rings. The van der Waals surface area contributed by atoms with Crippen molar-refractivity contribution in [3.8, 4) is 22.9 Å². The third-order valence-electron chi connectivity index (χ3n) is 5.30. The summed E-state index contributed by atoms with van der Waals surface area (Å²) in [5.41, 5.74) is 3.51. The van der Waals surface area contributed by atoms with Crippen LogP contribution in [0.3, 0.4) is 0 Å². The van der Waals surface area contributed by atoms with Gasteiger partial charge in [-0.05, 0) is 62.3 Å². The van der Waals surface area contributed by atoms with Crippen molar-refractivity contribution in [2.24, 2.45) is 0 Å². The van der Waals surface area contributed by atoms with E-state index in [1.165, 1.54) is 24.6 Å². The first-order valence-electron chi connectivity index (χ1n) is 9.88. The SMILES string of the molecule is CSc1nnc2c(n1)O[C@H](c1ccc(OC3CCCC3)cc1)Nc1ccccc1-2. The van der Waals surface area contributed by atoms with Gasteiger partial charge in [0, 0.05) is 16.8 Å². The van der Waals surface area contributed by atoms with E-state index >= 15 is 0 Å². The molecule has 3 aromatic rings. The number of hydrogen-bond acceptors (Lipinski definition) is 7. The van der Waals surface area contributed by atoms with Crippen LogP contribution in [0.4, 0.5) is 5.69 Å². The molecule has 2 aromatic carbocycles. The molecule has 1 saturated carbocycles. The molecular formula is C22H22N4O2S. The average molecular weight is 407 g/mol. The van der Waals surface area contributed by atoms with Gasteiger partial charge in [0.15, 0.2) is 11.9 Å². The summed E-state index contributed by atoms with van der Waals surface area (Å²) >= 11 is 1.44. The first kappa shape index (κ1) is 18.2. The third kappa shape index (κ3) is 3.74. The number of nitrogens with zero attached hydrogens (tertiary/aromatic N) is 3. The number of benzene rings is 2. The average Bonchev–Trinajstić information content (AvgIpc) is 3.21. The maximum atomic E-state index is 6.26. The first-order valence-corrected chi connectivity index (χ1v) is 11.1. The van der Waals surface area contributed by atoms with Crippen molar-refractivity contribution in [1.29, 1.82) is 0 Å². The van der Waals surface area contributed by atoms with Crippen LogP contribution in [-0.2, 0) is 0 Å². The molecule has 0 bridgehead atoms. The van der Waals surface area contributed by atoms with Gasteiger partial charge in [0.2, 0.25) is 11.0 Å². The Morgan fingerprint density at radius 1 is 1.03 bits per heavy atom. The Balaban J connectivity index is 1.46. The molecule has 0 amide bonds. The highest BCUT2D eigenvalue weighted by atomic mass is 32.2. The fourth-order valence-electron chi connectivity index (χ4n) is 3.80. The summed E-state index contributed by atoms with van der Waals surface area (Å²) in [6.45, 7) is 0. The number of anilines is 1. The number of hydrogen-bond donors (Lipinski definition) is 1. The largest absolute Gasteiger partial charge is 0.490 e. The number of para-hydroxylation sites is 1. The predicted molar refractivity (Wildman–Crippen MR) is 113 cm³/mol. The lowest BCUT2D eigenvalue weighted by Gasteiger charge is -2.20. The van der Waals surface area contributed by atoms with Gasteiger partial charge in [-0.25, -0.2) is 0 Å². The van der Waals surface area contributed by atoms with E-state index in [9.17, 15) is 0 Å². The van der Waals surface area contributed by atoms with Gasteiger partial charge in [-0.2, -0.15) is 4.98 Å². The summed E-state index contributed by atoms with van der Waals surface area (Å²) in [6.07, 6.45) is 6.70. The smallest absolute Gasteiger partial charge is 0.247 e. The molecular weight excluding hydrogens is 384 g/mol. The predicted octanol–water partition coefficient (Wildman–Crippen LogP) is 5.09. The van der Waals surface area contributed by atoms with Gasteiger partial charge in [-0.1, -0.05) is 30.0 Å². The van der Waals surface area contributed by atoms with Crippen molar-refractivity contribution >= 4 is 17.4 Å². The molecule has 1 N–H and O–H groups in total.